The highest BCUT2D eigenvalue weighted by Crippen LogP contribution is 2.17. The molecule has 2 N–H and O–H groups in total. The SMILES string of the molecule is CCCNc1cncc(N2CC(=O)NC(=O)C2C)n1. The third-order valence-electron chi connectivity index (χ3n) is 2.90. The third kappa shape index (κ3) is 2.98. The Labute approximate surface area is 111 Å². The van der Waals surface area contributed by atoms with Crippen LogP contribution in [0.1, 0.15) is 20.3 Å². The third-order valence-corrected chi connectivity index (χ3v) is 2.90. The number of amides is 2. The van der Waals surface area contributed by atoms with Crippen molar-refractivity contribution < 1.29 is 9.59 Å². The lowest BCUT2D eigenvalue weighted by Crippen LogP contribution is -2.57. The van der Waals surface area contributed by atoms with Gasteiger partial charge in [0, 0.05) is 6.54 Å². The van der Waals surface area contributed by atoms with Crippen LogP contribution in [0.5, 0.6) is 0 Å². The van der Waals surface area contributed by atoms with E-state index in [1.54, 1.807) is 24.2 Å². The van der Waals surface area contributed by atoms with Crippen molar-refractivity contribution in [3.63, 3.8) is 0 Å². The fourth-order valence-electron chi connectivity index (χ4n) is 1.83. The van der Waals surface area contributed by atoms with Crippen LogP contribution in [0.4, 0.5) is 11.6 Å². The molecular formula is C12H17N5O2. The van der Waals surface area contributed by atoms with Crippen LogP contribution in [-0.4, -0.2) is 40.9 Å². The number of imide groups is 1. The molecule has 2 rings (SSSR count). The van der Waals surface area contributed by atoms with Gasteiger partial charge in [0.2, 0.25) is 11.8 Å². The van der Waals surface area contributed by atoms with Crippen LogP contribution in [0.25, 0.3) is 0 Å². The van der Waals surface area contributed by atoms with Crippen LogP contribution in [0.3, 0.4) is 0 Å². The van der Waals surface area contributed by atoms with Crippen molar-refractivity contribution in [2.45, 2.75) is 26.3 Å². The largest absolute Gasteiger partial charge is 0.369 e. The summed E-state index contributed by atoms with van der Waals surface area (Å²) in [4.78, 5) is 33.1. The van der Waals surface area contributed by atoms with Gasteiger partial charge in [0.05, 0.1) is 18.9 Å². The maximum Gasteiger partial charge on any atom is 0.249 e. The van der Waals surface area contributed by atoms with E-state index < -0.39 is 6.04 Å². The zero-order valence-corrected chi connectivity index (χ0v) is 11.0. The number of piperazine rings is 1. The molecule has 0 aliphatic carbocycles. The molecule has 19 heavy (non-hydrogen) atoms. The van der Waals surface area contributed by atoms with Crippen molar-refractivity contribution in [1.82, 2.24) is 15.3 Å². The molecule has 1 saturated heterocycles. The first-order valence-electron chi connectivity index (χ1n) is 6.28. The smallest absolute Gasteiger partial charge is 0.249 e. The number of hydrogen-bond donors (Lipinski definition) is 2. The number of nitrogens with zero attached hydrogens (tertiary/aromatic N) is 3. The van der Waals surface area contributed by atoms with Gasteiger partial charge in [-0.2, -0.15) is 0 Å². The van der Waals surface area contributed by atoms with Crippen molar-refractivity contribution in [3.8, 4) is 0 Å². The van der Waals surface area contributed by atoms with Gasteiger partial charge in [-0.15, -0.1) is 0 Å². The first-order chi connectivity index (χ1) is 9.11. The summed E-state index contributed by atoms with van der Waals surface area (Å²) in [6, 6.07) is -0.437. The molecule has 1 aliphatic rings. The second-order valence-electron chi connectivity index (χ2n) is 4.41. The van der Waals surface area contributed by atoms with Crippen LogP contribution in [0.15, 0.2) is 12.4 Å². The van der Waals surface area contributed by atoms with Crippen LogP contribution >= 0.6 is 0 Å². The lowest BCUT2D eigenvalue weighted by molar-refractivity contribution is -0.132. The van der Waals surface area contributed by atoms with E-state index in [4.69, 9.17) is 0 Å². The average molecular weight is 263 g/mol. The van der Waals surface area contributed by atoms with Gasteiger partial charge in [0.15, 0.2) is 5.82 Å². The highest BCUT2D eigenvalue weighted by atomic mass is 16.2. The van der Waals surface area contributed by atoms with Gasteiger partial charge < -0.3 is 10.2 Å². The maximum atomic E-state index is 11.6. The molecule has 1 aromatic heterocycles. The molecule has 7 nitrogen and oxygen atoms in total. The predicted octanol–water partition coefficient (Wildman–Crippen LogP) is 0.150. The van der Waals surface area contributed by atoms with E-state index >= 15 is 0 Å². The number of rotatable bonds is 4. The molecule has 1 unspecified atom stereocenters. The Morgan fingerprint density at radius 3 is 3.00 bits per heavy atom. The average Bonchev–Trinajstić information content (AvgIpc) is 2.41. The molecule has 0 radical (unpaired) electrons. The molecule has 0 spiro atoms. The molecule has 7 heteroatoms. The standard InChI is InChI=1S/C12H17N5O2/c1-3-4-14-9-5-13-6-10(15-9)17-7-11(18)16-12(19)8(17)2/h5-6,8H,3-4,7H2,1-2H3,(H,14,15)(H,16,18,19). The van der Waals surface area contributed by atoms with E-state index in [9.17, 15) is 9.59 Å². The Morgan fingerprint density at radius 2 is 2.26 bits per heavy atom. The minimum Gasteiger partial charge on any atom is -0.369 e. The Hall–Kier alpha value is -2.18. The van der Waals surface area contributed by atoms with E-state index in [1.165, 1.54) is 0 Å². The minimum absolute atomic E-state index is 0.110. The van der Waals surface area contributed by atoms with Crippen molar-refractivity contribution in [2.24, 2.45) is 0 Å². The topological polar surface area (TPSA) is 87.2 Å². The quantitative estimate of drug-likeness (QED) is 0.752. The number of nitrogens with one attached hydrogen (secondary N) is 2. The normalized spacial score (nSPS) is 19.3. The maximum absolute atomic E-state index is 11.6. The highest BCUT2D eigenvalue weighted by molar-refractivity contribution is 6.04. The number of hydrogen-bond acceptors (Lipinski definition) is 6. The van der Waals surface area contributed by atoms with E-state index in [0.717, 1.165) is 13.0 Å². The number of anilines is 2. The number of carbonyl (C=O) groups is 2. The zero-order valence-electron chi connectivity index (χ0n) is 11.0. The Morgan fingerprint density at radius 1 is 1.47 bits per heavy atom. The van der Waals surface area contributed by atoms with Crippen molar-refractivity contribution in [3.05, 3.63) is 12.4 Å². The van der Waals surface area contributed by atoms with Crippen molar-refractivity contribution in [1.29, 1.82) is 0 Å². The molecule has 1 atom stereocenters. The number of carbonyl (C=O) groups excluding carboxylic acids is 2. The molecule has 2 heterocycles. The van der Waals surface area contributed by atoms with Gasteiger partial charge in [0.25, 0.3) is 0 Å². The van der Waals surface area contributed by atoms with Gasteiger partial charge in [-0.3, -0.25) is 19.9 Å². The Balaban J connectivity index is 2.20. The van der Waals surface area contributed by atoms with Crippen molar-refractivity contribution >= 4 is 23.5 Å². The second-order valence-corrected chi connectivity index (χ2v) is 4.41. The first kappa shape index (κ1) is 13.3. The molecule has 1 aromatic rings. The van der Waals surface area contributed by atoms with Crippen LogP contribution in [0, 0.1) is 0 Å². The summed E-state index contributed by atoms with van der Waals surface area (Å²) in [5.74, 6) is 0.531. The van der Waals surface area contributed by atoms with Gasteiger partial charge in [-0.05, 0) is 13.3 Å². The van der Waals surface area contributed by atoms with Crippen LogP contribution in [-0.2, 0) is 9.59 Å². The molecule has 0 saturated carbocycles. The summed E-state index contributed by atoms with van der Waals surface area (Å²) in [6.07, 6.45) is 4.15. The van der Waals surface area contributed by atoms with E-state index in [1.807, 2.05) is 0 Å². The lowest BCUT2D eigenvalue weighted by atomic mass is 10.2. The summed E-state index contributed by atoms with van der Waals surface area (Å²) in [7, 11) is 0. The fourth-order valence-corrected chi connectivity index (χ4v) is 1.83. The van der Waals surface area contributed by atoms with Gasteiger partial charge >= 0.3 is 0 Å². The van der Waals surface area contributed by atoms with E-state index in [0.29, 0.717) is 11.6 Å². The van der Waals surface area contributed by atoms with Crippen LogP contribution in [0.2, 0.25) is 0 Å². The molecule has 0 bridgehead atoms. The monoisotopic (exact) mass is 263 g/mol. The minimum atomic E-state index is -0.437. The van der Waals surface area contributed by atoms with Gasteiger partial charge in [-0.1, -0.05) is 6.92 Å². The summed E-state index contributed by atoms with van der Waals surface area (Å²) in [5, 5.41) is 5.42. The molecular weight excluding hydrogens is 246 g/mol. The summed E-state index contributed by atoms with van der Waals surface area (Å²) in [5.41, 5.74) is 0. The van der Waals surface area contributed by atoms with E-state index in [2.05, 4.69) is 27.5 Å². The predicted molar refractivity (Wildman–Crippen MR) is 70.8 cm³/mol. The fraction of sp³-hybridized carbons (Fsp3) is 0.500. The molecule has 1 aliphatic heterocycles. The van der Waals surface area contributed by atoms with Gasteiger partial charge in [-0.25, -0.2) is 4.98 Å². The highest BCUT2D eigenvalue weighted by Gasteiger charge is 2.31. The second kappa shape index (κ2) is 5.64. The molecule has 0 aromatic carbocycles. The Bertz CT molecular complexity index is 491. The number of aromatic nitrogens is 2. The molecule has 2 amide bonds. The van der Waals surface area contributed by atoms with Gasteiger partial charge in [0.1, 0.15) is 11.9 Å². The Kier molecular flexibility index (Phi) is 3.94. The van der Waals surface area contributed by atoms with Crippen LogP contribution < -0.4 is 15.5 Å². The molecule has 102 valence electrons. The van der Waals surface area contributed by atoms with Crippen molar-refractivity contribution in [2.75, 3.05) is 23.3 Å². The summed E-state index contributed by atoms with van der Waals surface area (Å²) >= 11 is 0. The molecule has 1 fully saturated rings. The lowest BCUT2D eigenvalue weighted by Gasteiger charge is -2.32. The van der Waals surface area contributed by atoms with E-state index in [-0.39, 0.29) is 18.4 Å². The summed E-state index contributed by atoms with van der Waals surface area (Å²) in [6.45, 7) is 4.70. The zero-order chi connectivity index (χ0) is 13.8. The first-order valence-corrected chi connectivity index (χ1v) is 6.28. The summed E-state index contributed by atoms with van der Waals surface area (Å²) < 4.78 is 0.